The molecule has 0 radical (unpaired) electrons. The topological polar surface area (TPSA) is 26.8 Å². The van der Waals surface area contributed by atoms with Crippen LogP contribution in [0.5, 0.6) is 0 Å². The molecule has 2 fully saturated rings. The van der Waals surface area contributed by atoms with Crippen molar-refractivity contribution in [3.05, 3.63) is 71.3 Å². The maximum Gasteiger partial charge on any atom is 0.223 e. The Morgan fingerprint density at radius 3 is 1.79 bits per heavy atom. The highest BCUT2D eigenvalue weighted by molar-refractivity contribution is 5.77. The molecule has 0 N–H and O–H groups in total. The van der Waals surface area contributed by atoms with Gasteiger partial charge in [0.15, 0.2) is 0 Å². The van der Waals surface area contributed by atoms with Gasteiger partial charge in [-0.1, -0.05) is 24.3 Å². The van der Waals surface area contributed by atoms with E-state index in [-0.39, 0.29) is 23.6 Å². The van der Waals surface area contributed by atoms with E-state index in [1.165, 1.54) is 24.3 Å². The Bertz CT molecular complexity index is 756. The van der Waals surface area contributed by atoms with Gasteiger partial charge >= 0.3 is 0 Å². The predicted octanol–water partition coefficient (Wildman–Crippen LogP) is 3.25. The fraction of sp³-hybridized carbons (Fsp3) is 0.409. The van der Waals surface area contributed by atoms with E-state index in [2.05, 4.69) is 9.80 Å². The molecule has 2 saturated heterocycles. The minimum absolute atomic E-state index is 0.0447. The second-order valence-corrected chi connectivity index (χ2v) is 7.56. The zero-order chi connectivity index (χ0) is 19.5. The molecule has 2 aliphatic heterocycles. The highest BCUT2D eigenvalue weighted by atomic mass is 19.1. The molecule has 0 spiro atoms. The van der Waals surface area contributed by atoms with Gasteiger partial charge in [-0.05, 0) is 41.8 Å². The van der Waals surface area contributed by atoms with Crippen molar-refractivity contribution >= 4 is 5.91 Å². The van der Waals surface area contributed by atoms with Crippen LogP contribution in [0, 0.1) is 11.6 Å². The summed E-state index contributed by atoms with van der Waals surface area (Å²) in [5, 5.41) is 0. The van der Waals surface area contributed by atoms with E-state index in [1.807, 2.05) is 4.90 Å². The molecule has 0 atom stereocenters. The lowest BCUT2D eigenvalue weighted by molar-refractivity contribution is -0.129. The monoisotopic (exact) mass is 385 g/mol. The molecule has 148 valence electrons. The maximum atomic E-state index is 13.4. The van der Waals surface area contributed by atoms with E-state index in [0.717, 1.165) is 50.3 Å². The molecule has 2 aromatic carbocycles. The highest BCUT2D eigenvalue weighted by Gasteiger charge is 2.29. The van der Waals surface area contributed by atoms with E-state index >= 15 is 0 Å². The van der Waals surface area contributed by atoms with Crippen LogP contribution in [-0.4, -0.2) is 60.0 Å². The molecule has 6 heteroatoms. The van der Waals surface area contributed by atoms with Crippen molar-refractivity contribution in [3.8, 4) is 0 Å². The van der Waals surface area contributed by atoms with Gasteiger partial charge in [-0.3, -0.25) is 14.6 Å². The van der Waals surface area contributed by atoms with Crippen LogP contribution in [0.25, 0.3) is 0 Å². The number of benzene rings is 2. The van der Waals surface area contributed by atoms with Gasteiger partial charge in [0.1, 0.15) is 11.6 Å². The lowest BCUT2D eigenvalue weighted by Crippen LogP contribution is -2.51. The summed E-state index contributed by atoms with van der Waals surface area (Å²) >= 11 is 0. The number of carbonyl (C=O) groups is 1. The molecule has 28 heavy (non-hydrogen) atoms. The van der Waals surface area contributed by atoms with Crippen LogP contribution >= 0.6 is 0 Å². The van der Waals surface area contributed by atoms with Crippen molar-refractivity contribution in [2.75, 3.05) is 39.4 Å². The smallest absolute Gasteiger partial charge is 0.223 e. The molecular weight excluding hydrogens is 360 g/mol. The van der Waals surface area contributed by atoms with E-state index in [1.54, 1.807) is 24.3 Å². The lowest BCUT2D eigenvalue weighted by Gasteiger charge is -2.40. The van der Waals surface area contributed by atoms with E-state index < -0.39 is 0 Å². The van der Waals surface area contributed by atoms with Crippen LogP contribution in [0.3, 0.4) is 0 Å². The SMILES string of the molecule is O=C1CCCN1CN1CCN(C(c2ccc(F)cc2)c2ccc(F)cc2)CC1. The molecule has 2 aromatic rings. The van der Waals surface area contributed by atoms with Crippen molar-refractivity contribution in [1.82, 2.24) is 14.7 Å². The Hall–Kier alpha value is -2.31. The van der Waals surface area contributed by atoms with E-state index in [0.29, 0.717) is 13.1 Å². The van der Waals surface area contributed by atoms with Crippen LogP contribution in [0.15, 0.2) is 48.5 Å². The van der Waals surface area contributed by atoms with Crippen LogP contribution < -0.4 is 0 Å². The van der Waals surface area contributed by atoms with E-state index in [9.17, 15) is 13.6 Å². The first kappa shape index (κ1) is 19.0. The Morgan fingerprint density at radius 2 is 1.32 bits per heavy atom. The van der Waals surface area contributed by atoms with Crippen LogP contribution in [-0.2, 0) is 4.79 Å². The third kappa shape index (κ3) is 4.23. The van der Waals surface area contributed by atoms with Gasteiger partial charge in [-0.2, -0.15) is 0 Å². The van der Waals surface area contributed by atoms with E-state index in [4.69, 9.17) is 0 Å². The third-order valence-corrected chi connectivity index (χ3v) is 5.69. The second-order valence-electron chi connectivity index (χ2n) is 7.56. The molecule has 2 heterocycles. The molecule has 0 unspecified atom stereocenters. The normalized spacial score (nSPS) is 19.0. The first-order valence-corrected chi connectivity index (χ1v) is 9.85. The summed E-state index contributed by atoms with van der Waals surface area (Å²) < 4.78 is 26.8. The first-order valence-electron chi connectivity index (χ1n) is 9.85. The Kier molecular flexibility index (Phi) is 5.69. The second kappa shape index (κ2) is 8.37. The number of amides is 1. The van der Waals surface area contributed by atoms with Crippen molar-refractivity contribution in [3.63, 3.8) is 0 Å². The summed E-state index contributed by atoms with van der Waals surface area (Å²) in [4.78, 5) is 18.5. The molecule has 4 rings (SSSR count). The summed E-state index contributed by atoms with van der Waals surface area (Å²) in [6.45, 7) is 4.95. The highest BCUT2D eigenvalue weighted by Crippen LogP contribution is 2.30. The van der Waals surface area contributed by atoms with Gasteiger partial charge in [0.05, 0.1) is 12.7 Å². The van der Waals surface area contributed by atoms with Crippen molar-refractivity contribution < 1.29 is 13.6 Å². The number of carbonyl (C=O) groups excluding carboxylic acids is 1. The zero-order valence-electron chi connectivity index (χ0n) is 15.9. The standard InChI is InChI=1S/C22H25F2N3O/c23-19-7-3-17(4-8-19)22(18-5-9-20(24)10-6-18)26-14-12-25(13-15-26)16-27-11-1-2-21(27)28/h3-10,22H,1-2,11-16H2. The number of likely N-dealkylation sites (tertiary alicyclic amines) is 1. The predicted molar refractivity (Wildman–Crippen MR) is 104 cm³/mol. The molecule has 0 bridgehead atoms. The van der Waals surface area contributed by atoms with Gasteiger partial charge in [0, 0.05) is 39.1 Å². The number of rotatable bonds is 5. The minimum Gasteiger partial charge on any atom is -0.330 e. The largest absolute Gasteiger partial charge is 0.330 e. The third-order valence-electron chi connectivity index (χ3n) is 5.69. The number of hydrogen-bond donors (Lipinski definition) is 0. The van der Waals surface area contributed by atoms with Crippen molar-refractivity contribution in [2.24, 2.45) is 0 Å². The quantitative estimate of drug-likeness (QED) is 0.791. The van der Waals surface area contributed by atoms with Crippen LogP contribution in [0.2, 0.25) is 0 Å². The van der Waals surface area contributed by atoms with Gasteiger partial charge in [-0.25, -0.2) is 8.78 Å². The fourth-order valence-corrected chi connectivity index (χ4v) is 4.16. The van der Waals surface area contributed by atoms with Crippen LogP contribution in [0.1, 0.15) is 30.0 Å². The summed E-state index contributed by atoms with van der Waals surface area (Å²) in [6.07, 6.45) is 1.62. The van der Waals surface area contributed by atoms with Crippen molar-refractivity contribution in [1.29, 1.82) is 0 Å². The van der Waals surface area contributed by atoms with Gasteiger partial charge in [0.25, 0.3) is 0 Å². The summed E-state index contributed by atoms with van der Waals surface area (Å²) in [5.74, 6) is -0.277. The lowest BCUT2D eigenvalue weighted by atomic mass is 9.96. The van der Waals surface area contributed by atoms with Gasteiger partial charge in [-0.15, -0.1) is 0 Å². The van der Waals surface area contributed by atoms with Crippen molar-refractivity contribution in [2.45, 2.75) is 18.9 Å². The average Bonchev–Trinajstić information content (AvgIpc) is 3.11. The molecular formula is C22H25F2N3O. The molecule has 0 aliphatic carbocycles. The van der Waals surface area contributed by atoms with Gasteiger partial charge in [0.2, 0.25) is 5.91 Å². The number of piperazine rings is 1. The Balaban J connectivity index is 1.48. The minimum atomic E-state index is -0.262. The Labute approximate surface area is 164 Å². The number of hydrogen-bond acceptors (Lipinski definition) is 3. The summed E-state index contributed by atoms with van der Waals surface area (Å²) in [7, 11) is 0. The van der Waals surface area contributed by atoms with Gasteiger partial charge < -0.3 is 4.90 Å². The fourth-order valence-electron chi connectivity index (χ4n) is 4.16. The molecule has 4 nitrogen and oxygen atoms in total. The summed E-state index contributed by atoms with van der Waals surface area (Å²) in [6, 6.07) is 13.1. The Morgan fingerprint density at radius 1 is 0.786 bits per heavy atom. The maximum absolute atomic E-state index is 13.4. The first-order chi connectivity index (χ1) is 13.6. The number of nitrogens with zero attached hydrogens (tertiary/aromatic N) is 3. The molecule has 0 saturated carbocycles. The molecule has 2 aliphatic rings. The molecule has 1 amide bonds. The van der Waals surface area contributed by atoms with Crippen LogP contribution in [0.4, 0.5) is 8.78 Å². The summed E-state index contributed by atoms with van der Waals surface area (Å²) in [5.41, 5.74) is 1.99. The zero-order valence-corrected chi connectivity index (χ0v) is 15.9. The molecule has 0 aromatic heterocycles. The number of halogens is 2. The average molecular weight is 385 g/mol.